The van der Waals surface area contributed by atoms with Crippen molar-refractivity contribution in [2.75, 3.05) is 20.8 Å². The maximum atomic E-state index is 13.9. The highest BCUT2D eigenvalue weighted by molar-refractivity contribution is 8.00. The number of aromatic nitrogens is 2. The van der Waals surface area contributed by atoms with E-state index in [9.17, 15) is 14.4 Å². The lowest BCUT2D eigenvalue weighted by Crippen LogP contribution is -2.51. The summed E-state index contributed by atoms with van der Waals surface area (Å²) >= 11 is 1.38. The Morgan fingerprint density at radius 3 is 2.40 bits per heavy atom. The van der Waals surface area contributed by atoms with E-state index in [0.717, 1.165) is 19.3 Å². The van der Waals surface area contributed by atoms with Gasteiger partial charge in [0.2, 0.25) is 0 Å². The number of carbonyl (C=O) groups excluding carboxylic acids is 2. The second-order valence-corrected chi connectivity index (χ2v) is 12.1. The first-order chi connectivity index (χ1) is 16.8. The number of hydrogen-bond acceptors (Lipinski definition) is 7. The fourth-order valence-electron chi connectivity index (χ4n) is 7.15. The van der Waals surface area contributed by atoms with E-state index in [2.05, 4.69) is 0 Å². The minimum absolute atomic E-state index is 0.167. The van der Waals surface area contributed by atoms with Crippen molar-refractivity contribution >= 4 is 34.4 Å². The monoisotopic (exact) mass is 498 g/mol. The van der Waals surface area contributed by atoms with E-state index in [4.69, 9.17) is 14.5 Å². The average molecular weight is 499 g/mol. The Morgan fingerprint density at radius 2 is 1.80 bits per heavy atom. The van der Waals surface area contributed by atoms with E-state index in [-0.39, 0.29) is 16.2 Å². The Balaban J connectivity index is 1.47. The summed E-state index contributed by atoms with van der Waals surface area (Å²) in [7, 11) is 2.96. The predicted molar refractivity (Wildman–Crippen MR) is 135 cm³/mol. The zero-order valence-corrected chi connectivity index (χ0v) is 21.6. The van der Waals surface area contributed by atoms with Gasteiger partial charge < -0.3 is 9.47 Å². The topological polar surface area (TPSA) is 87.5 Å². The molecular weight excluding hydrogens is 464 g/mol. The number of ether oxygens (including phenoxy) is 2. The predicted octanol–water partition coefficient (Wildman–Crippen LogP) is 4.49. The Hall–Kier alpha value is -2.19. The molecule has 0 saturated heterocycles. The molecule has 6 rings (SSSR count). The van der Waals surface area contributed by atoms with Gasteiger partial charge in [-0.3, -0.25) is 14.2 Å². The standard InChI is InChI=1S/C27H34N2O5S/c1-16(23(30)27-13-17-9-18(14-27)11-19(10-17)15-27)35-26-28-22-12-20(25(32)34-3)5-6-21(22)24(31)29(26)7-4-8-33-2/h5-6,12,16-19H,4,7-11,13-15H2,1-3H3/t16-,17?,18?,19?,27?/m0/s1. The van der Waals surface area contributed by atoms with Crippen molar-refractivity contribution in [2.24, 2.45) is 23.2 Å². The van der Waals surface area contributed by atoms with Crippen LogP contribution < -0.4 is 5.56 Å². The molecule has 4 fully saturated rings. The number of nitrogens with zero attached hydrogens (tertiary/aromatic N) is 2. The summed E-state index contributed by atoms with van der Waals surface area (Å²) in [6.07, 6.45) is 7.62. The number of benzene rings is 1. The van der Waals surface area contributed by atoms with Crippen LogP contribution in [-0.4, -0.2) is 47.4 Å². The van der Waals surface area contributed by atoms with Crippen LogP contribution in [0, 0.1) is 23.2 Å². The first-order valence-electron chi connectivity index (χ1n) is 12.7. The van der Waals surface area contributed by atoms with Crippen LogP contribution in [0.4, 0.5) is 0 Å². The van der Waals surface area contributed by atoms with Gasteiger partial charge in [0.25, 0.3) is 5.56 Å². The molecule has 4 saturated carbocycles. The summed E-state index contributed by atoms with van der Waals surface area (Å²) in [6, 6.07) is 4.81. The van der Waals surface area contributed by atoms with E-state index in [1.165, 1.54) is 38.1 Å². The van der Waals surface area contributed by atoms with Crippen LogP contribution in [0.15, 0.2) is 28.2 Å². The van der Waals surface area contributed by atoms with E-state index in [1.807, 2.05) is 6.92 Å². The van der Waals surface area contributed by atoms with Gasteiger partial charge in [0.05, 0.1) is 28.8 Å². The van der Waals surface area contributed by atoms with Gasteiger partial charge in [-0.2, -0.15) is 0 Å². The largest absolute Gasteiger partial charge is 0.465 e. The molecule has 1 atom stereocenters. The smallest absolute Gasteiger partial charge is 0.337 e. The highest BCUT2D eigenvalue weighted by atomic mass is 32.2. The zero-order valence-electron chi connectivity index (χ0n) is 20.7. The zero-order chi connectivity index (χ0) is 24.7. The fraction of sp³-hybridized carbons (Fsp3) is 0.630. The minimum atomic E-state index is -0.475. The van der Waals surface area contributed by atoms with E-state index in [1.54, 1.807) is 29.9 Å². The highest BCUT2D eigenvalue weighted by Gasteiger charge is 2.55. The van der Waals surface area contributed by atoms with Crippen molar-refractivity contribution in [3.8, 4) is 0 Å². The summed E-state index contributed by atoms with van der Waals surface area (Å²) in [4.78, 5) is 44.2. The van der Waals surface area contributed by atoms with Crippen molar-refractivity contribution in [1.82, 2.24) is 9.55 Å². The summed E-state index contributed by atoms with van der Waals surface area (Å²) in [5.41, 5.74) is 0.423. The molecule has 0 amide bonds. The molecule has 0 unspecified atom stereocenters. The van der Waals surface area contributed by atoms with Crippen LogP contribution in [0.2, 0.25) is 0 Å². The lowest BCUT2D eigenvalue weighted by molar-refractivity contribution is -0.143. The van der Waals surface area contributed by atoms with Crippen molar-refractivity contribution in [3.05, 3.63) is 34.1 Å². The van der Waals surface area contributed by atoms with E-state index in [0.29, 0.717) is 64.7 Å². The minimum Gasteiger partial charge on any atom is -0.465 e. The number of ketones is 1. The van der Waals surface area contributed by atoms with Crippen molar-refractivity contribution in [3.63, 3.8) is 0 Å². The van der Waals surface area contributed by atoms with E-state index >= 15 is 0 Å². The molecule has 2 aromatic rings. The molecule has 4 bridgehead atoms. The Labute approximate surface area is 210 Å². The number of esters is 1. The third-order valence-electron chi connectivity index (χ3n) is 8.28. The molecule has 8 heteroatoms. The van der Waals surface area contributed by atoms with Crippen LogP contribution >= 0.6 is 11.8 Å². The third-order valence-corrected chi connectivity index (χ3v) is 9.37. The van der Waals surface area contributed by atoms with Crippen LogP contribution in [0.1, 0.15) is 62.2 Å². The summed E-state index contributed by atoms with van der Waals surface area (Å²) in [6.45, 7) is 2.94. The molecular formula is C27H34N2O5S. The van der Waals surface area contributed by atoms with Crippen molar-refractivity contribution in [2.45, 2.75) is 68.8 Å². The SMILES string of the molecule is COCCCn1c(S[C@@H](C)C(=O)C23CC4CC(CC(C4)C2)C3)nc2cc(C(=O)OC)ccc2c1=O. The van der Waals surface area contributed by atoms with Crippen LogP contribution in [0.3, 0.4) is 0 Å². The van der Waals surface area contributed by atoms with Gasteiger partial charge in [-0.25, -0.2) is 9.78 Å². The normalized spacial score (nSPS) is 27.8. The van der Waals surface area contributed by atoms with Crippen molar-refractivity contribution in [1.29, 1.82) is 0 Å². The number of carbonyl (C=O) groups is 2. The Morgan fingerprint density at radius 1 is 1.14 bits per heavy atom. The maximum absolute atomic E-state index is 13.9. The number of methoxy groups -OCH3 is 2. The van der Waals surface area contributed by atoms with Gasteiger partial charge in [0.15, 0.2) is 10.9 Å². The molecule has 1 heterocycles. The average Bonchev–Trinajstić information content (AvgIpc) is 2.83. The van der Waals surface area contributed by atoms with Crippen LogP contribution in [-0.2, 0) is 20.8 Å². The lowest BCUT2D eigenvalue weighted by atomic mass is 9.48. The molecule has 1 aromatic carbocycles. The summed E-state index contributed by atoms with van der Waals surface area (Å²) in [5, 5.41) is 0.666. The van der Waals surface area contributed by atoms with Crippen LogP contribution in [0.5, 0.6) is 0 Å². The van der Waals surface area contributed by atoms with Crippen molar-refractivity contribution < 1.29 is 19.1 Å². The second kappa shape index (κ2) is 9.69. The molecule has 35 heavy (non-hydrogen) atoms. The number of Topliss-reactive ketones (excluding diaryl/α,β-unsaturated/α-hetero) is 1. The fourth-order valence-corrected chi connectivity index (χ4v) is 8.28. The van der Waals surface area contributed by atoms with Gasteiger partial charge in [0.1, 0.15) is 0 Å². The molecule has 4 aliphatic rings. The molecule has 0 spiro atoms. The van der Waals surface area contributed by atoms with Gasteiger partial charge in [-0.15, -0.1) is 0 Å². The molecule has 7 nitrogen and oxygen atoms in total. The van der Waals surface area contributed by atoms with Gasteiger partial charge in [0, 0.05) is 25.7 Å². The molecule has 0 radical (unpaired) electrons. The number of thioether (sulfide) groups is 1. The second-order valence-electron chi connectivity index (χ2n) is 10.7. The first kappa shape index (κ1) is 24.5. The maximum Gasteiger partial charge on any atom is 0.337 e. The Bertz CT molecular complexity index is 1170. The summed E-state index contributed by atoms with van der Waals surface area (Å²) in [5.74, 6) is 1.95. The molecule has 1 aromatic heterocycles. The van der Waals surface area contributed by atoms with Crippen LogP contribution in [0.25, 0.3) is 10.9 Å². The lowest BCUT2D eigenvalue weighted by Gasteiger charge is -2.56. The van der Waals surface area contributed by atoms with Gasteiger partial charge >= 0.3 is 5.97 Å². The number of rotatable bonds is 9. The quantitative estimate of drug-likeness (QED) is 0.218. The van der Waals surface area contributed by atoms with Gasteiger partial charge in [-0.1, -0.05) is 11.8 Å². The molecule has 0 aliphatic heterocycles. The summed E-state index contributed by atoms with van der Waals surface area (Å²) < 4.78 is 11.7. The molecule has 0 N–H and O–H groups in total. The van der Waals surface area contributed by atoms with E-state index < -0.39 is 5.97 Å². The number of fused-ring (bicyclic) bond motifs is 1. The third kappa shape index (κ3) is 4.55. The first-order valence-corrected chi connectivity index (χ1v) is 13.5. The highest BCUT2D eigenvalue weighted by Crippen LogP contribution is 2.61. The molecule has 188 valence electrons. The molecule has 4 aliphatic carbocycles. The number of hydrogen-bond donors (Lipinski definition) is 0. The van der Waals surface area contributed by atoms with Gasteiger partial charge in [-0.05, 0) is 87.8 Å². The Kier molecular flexibility index (Phi) is 6.79.